The van der Waals surface area contributed by atoms with Crippen LogP contribution in [0, 0.1) is 0 Å². The van der Waals surface area contributed by atoms with Gasteiger partial charge in [0.05, 0.1) is 5.56 Å². The second-order valence-electron chi connectivity index (χ2n) is 4.73. The first-order valence-corrected chi connectivity index (χ1v) is 6.44. The van der Waals surface area contributed by atoms with Crippen molar-refractivity contribution in [3.63, 3.8) is 0 Å². The van der Waals surface area contributed by atoms with Gasteiger partial charge in [-0.1, -0.05) is 24.3 Å². The highest BCUT2D eigenvalue weighted by atomic mass is 16.3. The number of hydrogen-bond acceptors (Lipinski definition) is 4. The summed E-state index contributed by atoms with van der Waals surface area (Å²) in [4.78, 5) is 23.0. The van der Waals surface area contributed by atoms with Crippen LogP contribution in [0.1, 0.15) is 24.2 Å². The Bertz CT molecular complexity index is 735. The summed E-state index contributed by atoms with van der Waals surface area (Å²) in [5.74, 6) is -0.696. The number of hydrazine groups is 1. The molecule has 2 rings (SSSR count). The van der Waals surface area contributed by atoms with Gasteiger partial charge in [-0.2, -0.15) is 0 Å². The van der Waals surface area contributed by atoms with Crippen LogP contribution in [0.15, 0.2) is 48.2 Å². The highest BCUT2D eigenvalue weighted by Gasteiger charge is 2.12. The molecule has 0 fully saturated rings. The van der Waals surface area contributed by atoms with Crippen molar-refractivity contribution >= 4 is 22.5 Å². The summed E-state index contributed by atoms with van der Waals surface area (Å²) >= 11 is 0. The number of rotatable bonds is 4. The van der Waals surface area contributed by atoms with Gasteiger partial charge in [0.1, 0.15) is 5.75 Å². The van der Waals surface area contributed by atoms with Gasteiger partial charge in [-0.05, 0) is 36.8 Å². The number of hydrogen-bond donors (Lipinski definition) is 3. The molecule has 2 aromatic rings. The van der Waals surface area contributed by atoms with E-state index in [4.69, 9.17) is 0 Å². The Morgan fingerprint density at radius 1 is 1.05 bits per heavy atom. The predicted octanol–water partition coefficient (Wildman–Crippen LogP) is 2.27. The smallest absolute Gasteiger partial charge is 0.273 e. The first-order chi connectivity index (χ1) is 9.97. The van der Waals surface area contributed by atoms with Crippen LogP contribution in [0.4, 0.5) is 0 Å². The molecular formula is C16H16N2O3. The molecule has 0 aliphatic rings. The van der Waals surface area contributed by atoms with Crippen LogP contribution in [0.3, 0.4) is 0 Å². The third-order valence-corrected chi connectivity index (χ3v) is 2.90. The Labute approximate surface area is 122 Å². The molecule has 0 bridgehead atoms. The van der Waals surface area contributed by atoms with Crippen molar-refractivity contribution in [2.75, 3.05) is 0 Å². The average molecular weight is 284 g/mol. The molecule has 0 spiro atoms. The number of carbonyl (C=O) groups is 2. The van der Waals surface area contributed by atoms with E-state index in [1.165, 1.54) is 13.0 Å². The van der Waals surface area contributed by atoms with Crippen molar-refractivity contribution in [3.8, 4) is 5.75 Å². The van der Waals surface area contributed by atoms with E-state index in [1.807, 2.05) is 24.3 Å². The van der Waals surface area contributed by atoms with Gasteiger partial charge < -0.3 is 10.5 Å². The van der Waals surface area contributed by atoms with Gasteiger partial charge in [0.25, 0.3) is 5.91 Å². The van der Waals surface area contributed by atoms with Gasteiger partial charge in [-0.25, -0.2) is 0 Å². The molecule has 5 heteroatoms. The normalized spacial score (nSPS) is 11.2. The second-order valence-corrected chi connectivity index (χ2v) is 4.73. The monoisotopic (exact) mass is 284 g/mol. The molecule has 2 aromatic carbocycles. The molecule has 21 heavy (non-hydrogen) atoms. The van der Waals surface area contributed by atoms with Crippen LogP contribution in [0.2, 0.25) is 0 Å². The highest BCUT2D eigenvalue weighted by molar-refractivity contribution is 6.01. The van der Waals surface area contributed by atoms with Crippen molar-refractivity contribution in [1.29, 1.82) is 0 Å². The average Bonchev–Trinajstić information content (AvgIpc) is 2.43. The molecule has 0 radical (unpaired) electrons. The van der Waals surface area contributed by atoms with Crippen molar-refractivity contribution < 1.29 is 14.7 Å². The maximum absolute atomic E-state index is 12.1. The Morgan fingerprint density at radius 2 is 1.67 bits per heavy atom. The molecule has 3 N–H and O–H groups in total. The Kier molecular flexibility index (Phi) is 4.23. The number of allylic oxidation sites excluding steroid dienone is 2. The number of phenolic OH excluding ortho intramolecular Hbond substituents is 1. The number of ketones is 1. The first-order valence-electron chi connectivity index (χ1n) is 6.44. The number of fused-ring (bicyclic) bond motifs is 1. The fraction of sp³-hybridized carbons (Fsp3) is 0.125. The molecule has 0 atom stereocenters. The van der Waals surface area contributed by atoms with Gasteiger partial charge in [-0.15, -0.1) is 0 Å². The minimum absolute atomic E-state index is 0.0961. The quantitative estimate of drug-likeness (QED) is 0.594. The Balaban J connectivity index is 2.19. The van der Waals surface area contributed by atoms with Crippen LogP contribution in [-0.4, -0.2) is 16.8 Å². The Morgan fingerprint density at radius 3 is 2.29 bits per heavy atom. The van der Waals surface area contributed by atoms with Gasteiger partial charge >= 0.3 is 0 Å². The van der Waals surface area contributed by atoms with Crippen LogP contribution in [0.5, 0.6) is 5.75 Å². The number of amides is 1. The van der Waals surface area contributed by atoms with Gasteiger partial charge in [0.2, 0.25) is 0 Å². The maximum Gasteiger partial charge on any atom is 0.273 e. The number of benzene rings is 2. The summed E-state index contributed by atoms with van der Waals surface area (Å²) in [5.41, 5.74) is 5.73. The molecule has 0 heterocycles. The summed E-state index contributed by atoms with van der Waals surface area (Å²) in [6.07, 6.45) is 1.36. The highest BCUT2D eigenvalue weighted by Crippen LogP contribution is 2.24. The van der Waals surface area contributed by atoms with Crippen molar-refractivity contribution in [2.45, 2.75) is 13.8 Å². The molecule has 0 saturated carbocycles. The largest absolute Gasteiger partial charge is 0.507 e. The lowest BCUT2D eigenvalue weighted by Crippen LogP contribution is -2.36. The van der Waals surface area contributed by atoms with E-state index >= 15 is 0 Å². The van der Waals surface area contributed by atoms with Crippen LogP contribution < -0.4 is 10.9 Å². The maximum atomic E-state index is 12.1. The molecule has 1 amide bonds. The lowest BCUT2D eigenvalue weighted by molar-refractivity contribution is -0.112. The molecule has 0 aliphatic heterocycles. The number of nitrogens with one attached hydrogen (secondary N) is 2. The lowest BCUT2D eigenvalue weighted by atomic mass is 10.1. The molecule has 0 saturated heterocycles. The van der Waals surface area contributed by atoms with Crippen LogP contribution in [0.25, 0.3) is 10.8 Å². The van der Waals surface area contributed by atoms with Crippen LogP contribution in [-0.2, 0) is 4.79 Å². The molecular weight excluding hydrogens is 268 g/mol. The van der Waals surface area contributed by atoms with Crippen molar-refractivity contribution in [2.24, 2.45) is 0 Å². The van der Waals surface area contributed by atoms with E-state index in [-0.39, 0.29) is 17.1 Å². The third-order valence-electron chi connectivity index (χ3n) is 2.90. The number of aromatic hydroxyl groups is 1. The number of carbonyl (C=O) groups excluding carboxylic acids is 2. The summed E-state index contributed by atoms with van der Waals surface area (Å²) in [6, 6.07) is 10.6. The number of phenols is 1. The topological polar surface area (TPSA) is 78.4 Å². The Hall–Kier alpha value is -2.82. The lowest BCUT2D eigenvalue weighted by Gasteiger charge is -2.10. The van der Waals surface area contributed by atoms with Gasteiger partial charge in [0, 0.05) is 11.8 Å². The zero-order chi connectivity index (χ0) is 15.4. The molecule has 108 valence electrons. The second kappa shape index (κ2) is 6.09. The van der Waals surface area contributed by atoms with E-state index < -0.39 is 5.91 Å². The zero-order valence-electron chi connectivity index (χ0n) is 11.8. The molecule has 0 unspecified atom stereocenters. The third kappa shape index (κ3) is 3.60. The zero-order valence-corrected chi connectivity index (χ0v) is 11.8. The summed E-state index contributed by atoms with van der Waals surface area (Å²) in [7, 11) is 0. The minimum atomic E-state index is -0.477. The predicted molar refractivity (Wildman–Crippen MR) is 80.7 cm³/mol. The first kappa shape index (κ1) is 14.6. The van der Waals surface area contributed by atoms with Gasteiger partial charge in [-0.3, -0.25) is 15.0 Å². The summed E-state index contributed by atoms with van der Waals surface area (Å²) in [5, 5.41) is 11.6. The van der Waals surface area contributed by atoms with Crippen molar-refractivity contribution in [1.82, 2.24) is 10.9 Å². The minimum Gasteiger partial charge on any atom is -0.507 e. The summed E-state index contributed by atoms with van der Waals surface area (Å²) in [6.45, 7) is 3.07. The van der Waals surface area contributed by atoms with E-state index in [9.17, 15) is 14.7 Å². The summed E-state index contributed by atoms with van der Waals surface area (Å²) < 4.78 is 0. The van der Waals surface area contributed by atoms with E-state index in [0.717, 1.165) is 10.8 Å². The van der Waals surface area contributed by atoms with Crippen LogP contribution >= 0.6 is 0 Å². The van der Waals surface area contributed by atoms with Crippen molar-refractivity contribution in [3.05, 3.63) is 53.7 Å². The molecule has 5 nitrogen and oxygen atoms in total. The van der Waals surface area contributed by atoms with E-state index in [0.29, 0.717) is 5.70 Å². The fourth-order valence-corrected chi connectivity index (χ4v) is 1.97. The van der Waals surface area contributed by atoms with E-state index in [2.05, 4.69) is 10.9 Å². The molecule has 0 aliphatic carbocycles. The standard InChI is InChI=1S/C16H16N2O3/c1-10(7-11(2)19)17-18-16(21)14-8-12-5-3-4-6-13(12)9-15(14)20/h3-9,17,20H,1-2H3,(H,18,21). The fourth-order valence-electron chi connectivity index (χ4n) is 1.97. The van der Waals surface area contributed by atoms with Gasteiger partial charge in [0.15, 0.2) is 5.78 Å². The molecule has 0 aromatic heterocycles. The van der Waals surface area contributed by atoms with E-state index in [1.54, 1.807) is 19.1 Å². The SMILES string of the molecule is CC(=O)C=C(C)NNC(=O)c1cc2ccccc2cc1O.